The second-order valence-corrected chi connectivity index (χ2v) is 15.4. The van der Waals surface area contributed by atoms with Gasteiger partial charge in [0.05, 0.1) is 10.2 Å². The molecule has 0 atom stereocenters. The SMILES string of the molecule is c1c2oc(C34CC5CC(CC(C5)C3)C4)pc2cc2oc(C34CC5CC(CC(C5)C3)C4)pc12. The van der Waals surface area contributed by atoms with Crippen molar-refractivity contribution in [1.29, 1.82) is 0 Å². The van der Waals surface area contributed by atoms with E-state index in [1.54, 1.807) is 0 Å². The van der Waals surface area contributed by atoms with Crippen LogP contribution in [0.3, 0.4) is 0 Å². The van der Waals surface area contributed by atoms with Crippen molar-refractivity contribution in [2.45, 2.75) is 87.9 Å². The Hall–Kier alpha value is -0.840. The van der Waals surface area contributed by atoms with E-state index in [9.17, 15) is 0 Å². The molecule has 1 aromatic carbocycles. The van der Waals surface area contributed by atoms with Crippen molar-refractivity contribution < 1.29 is 8.83 Å². The second kappa shape index (κ2) is 6.04. The summed E-state index contributed by atoms with van der Waals surface area (Å²) in [5.74, 6) is 5.84. The lowest BCUT2D eigenvalue weighted by Crippen LogP contribution is -2.48. The Morgan fingerprint density at radius 2 is 0.844 bits per heavy atom. The summed E-state index contributed by atoms with van der Waals surface area (Å²) in [5.41, 5.74) is 5.87. The molecule has 166 valence electrons. The summed E-state index contributed by atoms with van der Waals surface area (Å²) < 4.78 is 13.5. The fraction of sp³-hybridized carbons (Fsp3) is 0.714. The summed E-state index contributed by atoms with van der Waals surface area (Å²) in [4.78, 5) is 0. The van der Waals surface area contributed by atoms with Gasteiger partial charge in [-0.1, -0.05) is 0 Å². The van der Waals surface area contributed by atoms with E-state index in [4.69, 9.17) is 8.83 Å². The molecule has 0 radical (unpaired) electrons. The largest absolute Gasteiger partial charge is 0.455 e. The van der Waals surface area contributed by atoms with Gasteiger partial charge in [0.15, 0.2) is 0 Å². The van der Waals surface area contributed by atoms with Gasteiger partial charge in [-0.3, -0.25) is 0 Å². The van der Waals surface area contributed by atoms with Gasteiger partial charge in [-0.05, 0) is 141 Å². The van der Waals surface area contributed by atoms with Crippen molar-refractivity contribution in [2.75, 3.05) is 0 Å². The van der Waals surface area contributed by atoms with E-state index in [2.05, 4.69) is 12.1 Å². The van der Waals surface area contributed by atoms with E-state index in [1.165, 1.54) is 115 Å². The molecule has 0 saturated heterocycles. The average Bonchev–Trinajstić information content (AvgIpc) is 3.34. The first-order valence-electron chi connectivity index (χ1n) is 13.3. The van der Waals surface area contributed by atoms with E-state index in [1.807, 2.05) is 0 Å². The topological polar surface area (TPSA) is 26.3 Å². The van der Waals surface area contributed by atoms with Gasteiger partial charge < -0.3 is 8.83 Å². The molecule has 2 heterocycles. The van der Waals surface area contributed by atoms with Crippen LogP contribution in [0.2, 0.25) is 0 Å². The minimum atomic E-state index is 0.384. The molecule has 8 aliphatic rings. The van der Waals surface area contributed by atoms with Crippen molar-refractivity contribution in [3.05, 3.63) is 23.1 Å². The second-order valence-electron chi connectivity index (χ2n) is 13.2. The van der Waals surface area contributed by atoms with Crippen molar-refractivity contribution in [3.63, 3.8) is 0 Å². The van der Waals surface area contributed by atoms with Gasteiger partial charge in [0.2, 0.25) is 0 Å². The molecule has 11 rings (SSSR count). The molecule has 0 N–H and O–H groups in total. The number of hydrogen-bond acceptors (Lipinski definition) is 2. The van der Waals surface area contributed by atoms with Crippen LogP contribution in [0.15, 0.2) is 21.0 Å². The fourth-order valence-electron chi connectivity index (χ4n) is 10.5. The lowest BCUT2D eigenvalue weighted by atomic mass is 9.50. The van der Waals surface area contributed by atoms with Gasteiger partial charge in [0.25, 0.3) is 0 Å². The Kier molecular flexibility index (Phi) is 3.49. The molecule has 0 unspecified atom stereocenters. The quantitative estimate of drug-likeness (QED) is 0.379. The van der Waals surface area contributed by atoms with E-state index in [0.717, 1.165) is 46.7 Å². The predicted octanol–water partition coefficient (Wildman–Crippen LogP) is 9.27. The molecule has 3 aromatic rings. The molecule has 0 amide bonds. The minimum absolute atomic E-state index is 0.384. The molecule has 8 aliphatic carbocycles. The standard InChI is InChI=1S/C28H32O2P2/c1-15-2-17-3-16(1)10-27(9-15,11-17)25-29-21-7-24-22(8-23(21)31-25)30-26(32-24)28-12-18-4-19(13-28)6-20(5-18)14-28/h7-8,15-20H,1-6,9-14H2. The van der Waals surface area contributed by atoms with Crippen molar-refractivity contribution in [1.82, 2.24) is 0 Å². The molecule has 2 nitrogen and oxygen atoms in total. The molecule has 4 heteroatoms. The Morgan fingerprint density at radius 3 is 1.16 bits per heavy atom. The average molecular weight is 463 g/mol. The highest BCUT2D eigenvalue weighted by molar-refractivity contribution is 7.38. The van der Waals surface area contributed by atoms with Crippen LogP contribution in [0, 0.1) is 35.5 Å². The Balaban J connectivity index is 1.12. The zero-order valence-electron chi connectivity index (χ0n) is 18.8. The maximum absolute atomic E-state index is 6.74. The highest BCUT2D eigenvalue weighted by Gasteiger charge is 2.54. The van der Waals surface area contributed by atoms with Crippen LogP contribution in [0.5, 0.6) is 0 Å². The van der Waals surface area contributed by atoms with Crippen LogP contribution in [0.1, 0.15) is 88.0 Å². The monoisotopic (exact) mass is 462 g/mol. The van der Waals surface area contributed by atoms with E-state index in [0.29, 0.717) is 10.8 Å². The lowest BCUT2D eigenvalue weighted by molar-refractivity contribution is -0.0123. The first-order valence-corrected chi connectivity index (χ1v) is 15.1. The number of benzene rings is 1. The molecular formula is C28H32O2P2. The third-order valence-corrected chi connectivity index (χ3v) is 13.6. The summed E-state index contributed by atoms with van der Waals surface area (Å²) >= 11 is 0. The summed E-state index contributed by atoms with van der Waals surface area (Å²) in [6, 6.07) is 4.72. The summed E-state index contributed by atoms with van der Waals surface area (Å²) in [6.45, 7) is 0. The van der Waals surface area contributed by atoms with Crippen molar-refractivity contribution in [3.8, 4) is 0 Å². The Morgan fingerprint density at radius 1 is 0.531 bits per heavy atom. The number of fused-ring (bicyclic) bond motifs is 2. The maximum Gasteiger partial charge on any atom is 0.140 e. The van der Waals surface area contributed by atoms with Gasteiger partial charge in [-0.2, -0.15) is 0 Å². The summed E-state index contributed by atoms with van der Waals surface area (Å²) in [7, 11) is 2.69. The molecular weight excluding hydrogens is 430 g/mol. The molecule has 8 saturated carbocycles. The molecule has 8 bridgehead atoms. The van der Waals surface area contributed by atoms with Crippen molar-refractivity contribution in [2.24, 2.45) is 35.5 Å². The maximum atomic E-state index is 6.74. The zero-order valence-corrected chi connectivity index (χ0v) is 20.6. The smallest absolute Gasteiger partial charge is 0.140 e. The van der Waals surface area contributed by atoms with Crippen molar-refractivity contribution >= 4 is 37.8 Å². The molecule has 0 spiro atoms. The van der Waals surface area contributed by atoms with Gasteiger partial charge in [0, 0.05) is 10.8 Å². The molecule has 2 aromatic heterocycles. The first-order chi connectivity index (χ1) is 15.6. The van der Waals surface area contributed by atoms with Gasteiger partial charge in [0.1, 0.15) is 22.2 Å². The number of rotatable bonds is 2. The highest BCUT2D eigenvalue weighted by atomic mass is 31.0. The van der Waals surface area contributed by atoms with E-state index >= 15 is 0 Å². The minimum Gasteiger partial charge on any atom is -0.455 e. The fourth-order valence-corrected chi connectivity index (χ4v) is 13.1. The van der Waals surface area contributed by atoms with Crippen LogP contribution < -0.4 is 0 Å². The van der Waals surface area contributed by atoms with Crippen LogP contribution in [0.4, 0.5) is 0 Å². The van der Waals surface area contributed by atoms with Crippen LogP contribution in [-0.4, -0.2) is 0 Å². The summed E-state index contributed by atoms with van der Waals surface area (Å²) in [5, 5.41) is 2.74. The third-order valence-electron chi connectivity index (χ3n) is 10.9. The van der Waals surface area contributed by atoms with E-state index < -0.39 is 0 Å². The van der Waals surface area contributed by atoms with Gasteiger partial charge in [-0.15, -0.1) is 0 Å². The van der Waals surface area contributed by atoms with E-state index in [-0.39, 0.29) is 0 Å². The normalized spacial score (nSPS) is 46.6. The van der Waals surface area contributed by atoms with Gasteiger partial charge >= 0.3 is 0 Å². The van der Waals surface area contributed by atoms with Crippen LogP contribution in [-0.2, 0) is 10.8 Å². The third kappa shape index (κ3) is 2.45. The molecule has 8 fully saturated rings. The highest BCUT2D eigenvalue weighted by Crippen LogP contribution is 2.64. The Labute approximate surface area is 193 Å². The Bertz CT molecular complexity index is 1050. The predicted molar refractivity (Wildman–Crippen MR) is 131 cm³/mol. The molecule has 32 heavy (non-hydrogen) atoms. The first kappa shape index (κ1) is 18.5. The number of hydrogen-bond donors (Lipinski definition) is 0. The lowest BCUT2D eigenvalue weighted by Gasteiger charge is -2.55. The van der Waals surface area contributed by atoms with Gasteiger partial charge in [-0.25, -0.2) is 0 Å². The van der Waals surface area contributed by atoms with Crippen LogP contribution in [0.25, 0.3) is 21.4 Å². The summed E-state index contributed by atoms with van der Waals surface area (Å²) in [6.07, 6.45) is 17.4. The van der Waals surface area contributed by atoms with Crippen LogP contribution >= 0.6 is 16.4 Å². The molecule has 0 aliphatic heterocycles. The zero-order chi connectivity index (χ0) is 20.7.